The van der Waals surface area contributed by atoms with Crippen molar-refractivity contribution in [1.29, 1.82) is 0 Å². The van der Waals surface area contributed by atoms with Crippen molar-refractivity contribution in [2.24, 2.45) is 0 Å². The van der Waals surface area contributed by atoms with Gasteiger partial charge in [-0.25, -0.2) is 9.37 Å². The Morgan fingerprint density at radius 3 is 2.65 bits per heavy atom. The number of halogens is 1. The number of ether oxygens (including phenoxy) is 1. The van der Waals surface area contributed by atoms with Crippen LogP contribution in [0.15, 0.2) is 58.5 Å². The SMILES string of the molecule is CCn1nc(C)c2nc(SCc3cccc(F)c3)n(Cc3cccc(OC)c3)c(=O)c21. The van der Waals surface area contributed by atoms with Crippen LogP contribution in [0.3, 0.4) is 0 Å². The summed E-state index contributed by atoms with van der Waals surface area (Å²) in [4.78, 5) is 18.3. The Kier molecular flexibility index (Phi) is 6.08. The zero-order valence-electron chi connectivity index (χ0n) is 17.6. The van der Waals surface area contributed by atoms with Crippen LogP contribution in [0.25, 0.3) is 11.0 Å². The average Bonchev–Trinajstić information content (AvgIpc) is 3.10. The second-order valence-corrected chi connectivity index (χ2v) is 8.10. The number of nitrogens with zero attached hydrogens (tertiary/aromatic N) is 4. The summed E-state index contributed by atoms with van der Waals surface area (Å²) in [5.74, 6) is 0.938. The molecule has 0 amide bonds. The van der Waals surface area contributed by atoms with E-state index in [1.807, 2.05) is 44.2 Å². The van der Waals surface area contributed by atoms with Crippen LogP contribution in [-0.2, 0) is 18.8 Å². The number of aromatic nitrogens is 4. The van der Waals surface area contributed by atoms with Crippen molar-refractivity contribution in [3.05, 3.63) is 81.5 Å². The van der Waals surface area contributed by atoms with E-state index in [2.05, 4.69) is 5.10 Å². The minimum Gasteiger partial charge on any atom is -0.497 e. The molecule has 0 fully saturated rings. The molecule has 0 bridgehead atoms. The second kappa shape index (κ2) is 8.93. The lowest BCUT2D eigenvalue weighted by Crippen LogP contribution is -2.25. The quantitative estimate of drug-likeness (QED) is 0.316. The van der Waals surface area contributed by atoms with Crippen LogP contribution in [0.4, 0.5) is 4.39 Å². The highest BCUT2D eigenvalue weighted by Crippen LogP contribution is 2.25. The van der Waals surface area contributed by atoms with E-state index >= 15 is 0 Å². The van der Waals surface area contributed by atoms with E-state index in [1.54, 1.807) is 22.4 Å². The summed E-state index contributed by atoms with van der Waals surface area (Å²) in [6.45, 7) is 4.73. The summed E-state index contributed by atoms with van der Waals surface area (Å²) in [5.41, 5.74) is 3.43. The Hall–Kier alpha value is -3.13. The zero-order chi connectivity index (χ0) is 22.0. The molecule has 0 unspecified atom stereocenters. The average molecular weight is 439 g/mol. The molecule has 4 rings (SSSR count). The van der Waals surface area contributed by atoms with Crippen molar-refractivity contribution in [2.45, 2.75) is 37.8 Å². The van der Waals surface area contributed by atoms with E-state index in [4.69, 9.17) is 9.72 Å². The topological polar surface area (TPSA) is 61.9 Å². The Bertz CT molecular complexity index is 1300. The molecular weight excluding hydrogens is 415 g/mol. The molecule has 0 radical (unpaired) electrons. The molecule has 0 aliphatic heterocycles. The zero-order valence-corrected chi connectivity index (χ0v) is 18.4. The number of aryl methyl sites for hydroxylation is 2. The molecule has 160 valence electrons. The Labute approximate surface area is 183 Å². The molecule has 2 aromatic carbocycles. The molecule has 2 heterocycles. The van der Waals surface area contributed by atoms with Crippen LogP contribution in [0.1, 0.15) is 23.7 Å². The number of methoxy groups -OCH3 is 1. The predicted octanol–water partition coefficient (Wildman–Crippen LogP) is 4.41. The standard InChI is InChI=1S/C23H23FN4O2S/c1-4-28-21-20(15(2)26-28)25-23(31-14-17-8-5-9-18(24)11-17)27(22(21)29)13-16-7-6-10-19(12-16)30-3/h5-12H,4,13-14H2,1-3H3. The van der Waals surface area contributed by atoms with E-state index in [-0.39, 0.29) is 11.4 Å². The van der Waals surface area contributed by atoms with Gasteiger partial charge in [0.1, 0.15) is 17.1 Å². The second-order valence-electron chi connectivity index (χ2n) is 7.15. The molecule has 6 nitrogen and oxygen atoms in total. The van der Waals surface area contributed by atoms with Crippen LogP contribution >= 0.6 is 11.8 Å². The molecule has 4 aromatic rings. The molecule has 0 aliphatic carbocycles. The third-order valence-corrected chi connectivity index (χ3v) is 6.06. The lowest BCUT2D eigenvalue weighted by atomic mass is 10.2. The third kappa shape index (κ3) is 4.34. The van der Waals surface area contributed by atoms with Gasteiger partial charge in [0.05, 0.1) is 19.3 Å². The Morgan fingerprint density at radius 2 is 1.90 bits per heavy atom. The van der Waals surface area contributed by atoms with E-state index < -0.39 is 0 Å². The van der Waals surface area contributed by atoms with Crippen molar-refractivity contribution in [2.75, 3.05) is 7.11 Å². The molecule has 2 aromatic heterocycles. The van der Waals surface area contributed by atoms with Gasteiger partial charge < -0.3 is 4.74 Å². The number of hydrogen-bond donors (Lipinski definition) is 0. The van der Waals surface area contributed by atoms with Crippen LogP contribution in [0, 0.1) is 12.7 Å². The minimum absolute atomic E-state index is 0.142. The van der Waals surface area contributed by atoms with Gasteiger partial charge >= 0.3 is 0 Å². The van der Waals surface area contributed by atoms with Gasteiger partial charge in [-0.1, -0.05) is 36.0 Å². The number of thioether (sulfide) groups is 1. The fraction of sp³-hybridized carbons (Fsp3) is 0.261. The van der Waals surface area contributed by atoms with E-state index in [0.29, 0.717) is 35.0 Å². The number of fused-ring (bicyclic) bond motifs is 1. The maximum absolute atomic E-state index is 13.6. The van der Waals surface area contributed by atoms with Crippen molar-refractivity contribution < 1.29 is 9.13 Å². The molecule has 8 heteroatoms. The highest BCUT2D eigenvalue weighted by molar-refractivity contribution is 7.98. The number of rotatable bonds is 7. The van der Waals surface area contributed by atoms with Gasteiger partial charge in [0.15, 0.2) is 10.7 Å². The monoisotopic (exact) mass is 438 g/mol. The van der Waals surface area contributed by atoms with Crippen molar-refractivity contribution >= 4 is 22.8 Å². The van der Waals surface area contributed by atoms with Gasteiger partial charge in [0.25, 0.3) is 5.56 Å². The van der Waals surface area contributed by atoms with Gasteiger partial charge in [-0.3, -0.25) is 14.0 Å². The van der Waals surface area contributed by atoms with Crippen molar-refractivity contribution in [1.82, 2.24) is 19.3 Å². The summed E-state index contributed by atoms with van der Waals surface area (Å²) in [6.07, 6.45) is 0. The maximum atomic E-state index is 13.6. The molecule has 0 N–H and O–H groups in total. The van der Waals surface area contributed by atoms with Gasteiger partial charge in [-0.05, 0) is 49.2 Å². The summed E-state index contributed by atoms with van der Waals surface area (Å²) in [6, 6.07) is 14.1. The molecule has 31 heavy (non-hydrogen) atoms. The minimum atomic E-state index is -0.282. The van der Waals surface area contributed by atoms with Crippen LogP contribution < -0.4 is 10.3 Å². The summed E-state index contributed by atoms with van der Waals surface area (Å²) in [7, 11) is 1.61. The first-order valence-electron chi connectivity index (χ1n) is 9.98. The lowest BCUT2D eigenvalue weighted by Gasteiger charge is -2.13. The molecule has 0 aliphatic rings. The molecular formula is C23H23FN4O2S. The highest BCUT2D eigenvalue weighted by atomic mass is 32.2. The van der Waals surface area contributed by atoms with Gasteiger partial charge in [-0.2, -0.15) is 5.10 Å². The highest BCUT2D eigenvalue weighted by Gasteiger charge is 2.18. The number of benzene rings is 2. The van der Waals surface area contributed by atoms with Gasteiger partial charge in [-0.15, -0.1) is 0 Å². The van der Waals surface area contributed by atoms with Crippen LogP contribution in [-0.4, -0.2) is 26.4 Å². The number of hydrogen-bond acceptors (Lipinski definition) is 5. The molecule has 0 atom stereocenters. The first-order valence-corrected chi connectivity index (χ1v) is 11.0. The molecule has 0 spiro atoms. The smallest absolute Gasteiger partial charge is 0.280 e. The summed E-state index contributed by atoms with van der Waals surface area (Å²) >= 11 is 1.41. The normalized spacial score (nSPS) is 11.2. The predicted molar refractivity (Wildman–Crippen MR) is 120 cm³/mol. The Morgan fingerprint density at radius 1 is 1.13 bits per heavy atom. The molecule has 0 saturated heterocycles. The first-order chi connectivity index (χ1) is 15.0. The molecule has 0 saturated carbocycles. The lowest BCUT2D eigenvalue weighted by molar-refractivity contribution is 0.414. The van der Waals surface area contributed by atoms with E-state index in [1.165, 1.54) is 23.9 Å². The van der Waals surface area contributed by atoms with Crippen molar-refractivity contribution in [3.63, 3.8) is 0 Å². The van der Waals surface area contributed by atoms with Gasteiger partial charge in [0, 0.05) is 12.3 Å². The fourth-order valence-corrected chi connectivity index (χ4v) is 4.43. The van der Waals surface area contributed by atoms with Crippen LogP contribution in [0.2, 0.25) is 0 Å². The van der Waals surface area contributed by atoms with Crippen molar-refractivity contribution in [3.8, 4) is 5.75 Å². The van der Waals surface area contributed by atoms with Crippen LogP contribution in [0.5, 0.6) is 5.75 Å². The summed E-state index contributed by atoms with van der Waals surface area (Å²) in [5, 5.41) is 5.05. The Balaban J connectivity index is 1.80. The maximum Gasteiger partial charge on any atom is 0.280 e. The van der Waals surface area contributed by atoms with E-state index in [0.717, 1.165) is 22.6 Å². The fourth-order valence-electron chi connectivity index (χ4n) is 3.49. The first kappa shape index (κ1) is 21.1. The van der Waals surface area contributed by atoms with E-state index in [9.17, 15) is 9.18 Å². The third-order valence-electron chi connectivity index (χ3n) is 5.01. The largest absolute Gasteiger partial charge is 0.497 e. The van der Waals surface area contributed by atoms with Gasteiger partial charge in [0.2, 0.25) is 0 Å². The summed E-state index contributed by atoms with van der Waals surface area (Å²) < 4.78 is 22.3.